The van der Waals surface area contributed by atoms with Crippen LogP contribution in [-0.4, -0.2) is 16.8 Å². The van der Waals surface area contributed by atoms with E-state index in [0.717, 1.165) is 46.9 Å². The number of rotatable bonds is 7. The molecule has 4 aromatic rings. The molecular weight excluding hydrogens is 445 g/mol. The van der Waals surface area contributed by atoms with Gasteiger partial charge < -0.3 is 4.42 Å². The number of Topliss-reactive ketones (excluding diaryl/α,β-unsaturated/α-hetero) is 1. The Kier molecular flexibility index (Phi) is 6.15. The standard InChI is InChI=1S/C25H23Cl2N3O2/c26-18-3-7-22-16(11-18)2-6-23(29-22)24(31)10-15-1-5-20(9-15)30-28-14-21-13-17-12-19(27)4-8-25(17)32-21/h2-4,6-8,11-13,15,20,28,30H,1,5,9-10,14H2. The maximum Gasteiger partial charge on any atom is 0.181 e. The van der Waals surface area contributed by atoms with Crippen LogP contribution in [0.5, 0.6) is 0 Å². The highest BCUT2D eigenvalue weighted by atomic mass is 35.5. The molecule has 1 aliphatic rings. The SMILES string of the molecule is O=C(CC1CCC(NNCc2cc3cc(Cl)ccc3o2)C1)c1ccc2cc(Cl)ccc2n1. The third kappa shape index (κ3) is 4.81. The molecule has 0 bridgehead atoms. The molecule has 0 aliphatic heterocycles. The Bertz CT molecular complexity index is 1290. The van der Waals surface area contributed by atoms with Crippen LogP contribution < -0.4 is 10.9 Å². The lowest BCUT2D eigenvalue weighted by Crippen LogP contribution is -2.38. The van der Waals surface area contributed by atoms with Crippen LogP contribution in [-0.2, 0) is 6.54 Å². The average Bonchev–Trinajstić information content (AvgIpc) is 3.39. The molecule has 0 radical (unpaired) electrons. The van der Waals surface area contributed by atoms with E-state index in [4.69, 9.17) is 27.6 Å². The second-order valence-electron chi connectivity index (χ2n) is 8.43. The molecule has 0 amide bonds. The molecule has 0 spiro atoms. The summed E-state index contributed by atoms with van der Waals surface area (Å²) in [5.41, 5.74) is 8.80. The van der Waals surface area contributed by atoms with E-state index >= 15 is 0 Å². The van der Waals surface area contributed by atoms with Gasteiger partial charge in [-0.15, -0.1) is 0 Å². The van der Waals surface area contributed by atoms with Crippen molar-refractivity contribution in [1.82, 2.24) is 15.8 Å². The second-order valence-corrected chi connectivity index (χ2v) is 9.30. The summed E-state index contributed by atoms with van der Waals surface area (Å²) in [7, 11) is 0. The molecule has 2 unspecified atom stereocenters. The number of nitrogens with one attached hydrogen (secondary N) is 2. The van der Waals surface area contributed by atoms with E-state index in [1.165, 1.54) is 0 Å². The number of ketones is 1. The largest absolute Gasteiger partial charge is 0.460 e. The molecule has 5 rings (SSSR count). The molecule has 2 aromatic carbocycles. The van der Waals surface area contributed by atoms with E-state index in [1.54, 1.807) is 12.1 Å². The number of carbonyl (C=O) groups is 1. The first-order valence-corrected chi connectivity index (χ1v) is 11.5. The van der Waals surface area contributed by atoms with Crippen molar-refractivity contribution in [2.45, 2.75) is 38.3 Å². The van der Waals surface area contributed by atoms with Gasteiger partial charge in [-0.2, -0.15) is 0 Å². The number of fused-ring (bicyclic) bond motifs is 2. The lowest BCUT2D eigenvalue weighted by atomic mass is 9.98. The molecular formula is C25H23Cl2N3O2. The zero-order chi connectivity index (χ0) is 22.1. The second kappa shape index (κ2) is 9.20. The molecule has 2 heterocycles. The van der Waals surface area contributed by atoms with E-state index in [1.807, 2.05) is 42.5 Å². The summed E-state index contributed by atoms with van der Waals surface area (Å²) < 4.78 is 5.83. The lowest BCUT2D eigenvalue weighted by Gasteiger charge is -2.13. The van der Waals surface area contributed by atoms with Crippen LogP contribution in [0.3, 0.4) is 0 Å². The molecule has 1 fully saturated rings. The number of halogens is 2. The summed E-state index contributed by atoms with van der Waals surface area (Å²) in [5, 5.41) is 3.31. The molecule has 7 heteroatoms. The summed E-state index contributed by atoms with van der Waals surface area (Å²) in [4.78, 5) is 17.3. The van der Waals surface area contributed by atoms with Crippen LogP contribution in [0.2, 0.25) is 10.0 Å². The molecule has 1 saturated carbocycles. The Morgan fingerprint density at radius 1 is 1.00 bits per heavy atom. The van der Waals surface area contributed by atoms with Crippen molar-refractivity contribution in [2.24, 2.45) is 5.92 Å². The maximum atomic E-state index is 12.8. The van der Waals surface area contributed by atoms with Crippen LogP contribution in [0.1, 0.15) is 41.9 Å². The third-order valence-corrected chi connectivity index (χ3v) is 6.52. The van der Waals surface area contributed by atoms with E-state index < -0.39 is 0 Å². The van der Waals surface area contributed by atoms with Gasteiger partial charge in [-0.3, -0.25) is 10.2 Å². The fraction of sp³-hybridized carbons (Fsp3) is 0.280. The molecule has 2 N–H and O–H groups in total. The molecule has 2 atom stereocenters. The third-order valence-electron chi connectivity index (χ3n) is 6.05. The van der Waals surface area contributed by atoms with Gasteiger partial charge in [-0.05, 0) is 73.7 Å². The van der Waals surface area contributed by atoms with E-state index in [0.29, 0.717) is 40.7 Å². The number of pyridine rings is 1. The van der Waals surface area contributed by atoms with E-state index in [2.05, 4.69) is 15.8 Å². The zero-order valence-electron chi connectivity index (χ0n) is 17.4. The van der Waals surface area contributed by atoms with Crippen molar-refractivity contribution >= 4 is 50.9 Å². The first kappa shape index (κ1) is 21.4. The summed E-state index contributed by atoms with van der Waals surface area (Å²) >= 11 is 12.1. The minimum Gasteiger partial charge on any atom is -0.460 e. The van der Waals surface area contributed by atoms with E-state index in [-0.39, 0.29) is 5.78 Å². The number of hydrogen-bond acceptors (Lipinski definition) is 5. The van der Waals surface area contributed by atoms with Gasteiger partial charge in [0.05, 0.1) is 12.1 Å². The number of furan rings is 1. The molecule has 2 aromatic heterocycles. The van der Waals surface area contributed by atoms with Gasteiger partial charge in [0.2, 0.25) is 0 Å². The fourth-order valence-electron chi connectivity index (χ4n) is 4.45. The van der Waals surface area contributed by atoms with Gasteiger partial charge in [0.15, 0.2) is 5.78 Å². The van der Waals surface area contributed by atoms with Crippen LogP contribution in [0.25, 0.3) is 21.9 Å². The first-order valence-electron chi connectivity index (χ1n) is 10.8. The molecule has 5 nitrogen and oxygen atoms in total. The van der Waals surface area contributed by atoms with Crippen molar-refractivity contribution in [3.05, 3.63) is 76.1 Å². The van der Waals surface area contributed by atoms with Crippen LogP contribution in [0.15, 0.2) is 59.0 Å². The van der Waals surface area contributed by atoms with Gasteiger partial charge in [-0.25, -0.2) is 10.4 Å². The Labute approximate surface area is 196 Å². The Morgan fingerprint density at radius 3 is 2.69 bits per heavy atom. The Balaban J connectivity index is 1.12. The molecule has 0 saturated heterocycles. The predicted octanol–water partition coefficient (Wildman–Crippen LogP) is 6.32. The maximum absolute atomic E-state index is 12.8. The van der Waals surface area contributed by atoms with Gasteiger partial charge in [0.1, 0.15) is 17.0 Å². The summed E-state index contributed by atoms with van der Waals surface area (Å²) in [6.07, 6.45) is 3.54. The fourth-order valence-corrected chi connectivity index (χ4v) is 4.81. The van der Waals surface area contributed by atoms with Gasteiger partial charge in [-0.1, -0.05) is 29.3 Å². The highest BCUT2D eigenvalue weighted by Gasteiger charge is 2.27. The number of hydrazine groups is 1. The molecule has 1 aliphatic carbocycles. The summed E-state index contributed by atoms with van der Waals surface area (Å²) in [5.74, 6) is 1.31. The monoisotopic (exact) mass is 467 g/mol. The quantitative estimate of drug-likeness (QED) is 0.245. The first-order chi connectivity index (χ1) is 15.5. The average molecular weight is 468 g/mol. The van der Waals surface area contributed by atoms with Gasteiger partial charge in [0, 0.05) is 33.3 Å². The molecule has 164 valence electrons. The minimum atomic E-state index is 0.0985. The summed E-state index contributed by atoms with van der Waals surface area (Å²) in [6, 6.07) is 17.2. The number of benzene rings is 2. The van der Waals surface area contributed by atoms with Crippen LogP contribution in [0, 0.1) is 5.92 Å². The highest BCUT2D eigenvalue weighted by Crippen LogP contribution is 2.29. The Morgan fingerprint density at radius 2 is 1.81 bits per heavy atom. The van der Waals surface area contributed by atoms with Gasteiger partial charge >= 0.3 is 0 Å². The minimum absolute atomic E-state index is 0.0985. The van der Waals surface area contributed by atoms with Crippen molar-refractivity contribution < 1.29 is 9.21 Å². The highest BCUT2D eigenvalue weighted by molar-refractivity contribution is 6.31. The Hall–Kier alpha value is -2.44. The van der Waals surface area contributed by atoms with Gasteiger partial charge in [0.25, 0.3) is 0 Å². The number of hydrogen-bond donors (Lipinski definition) is 2. The topological polar surface area (TPSA) is 67.2 Å². The van der Waals surface area contributed by atoms with Crippen molar-refractivity contribution in [1.29, 1.82) is 0 Å². The lowest BCUT2D eigenvalue weighted by molar-refractivity contribution is 0.0957. The molecule has 32 heavy (non-hydrogen) atoms. The number of nitrogens with zero attached hydrogens (tertiary/aromatic N) is 1. The van der Waals surface area contributed by atoms with E-state index in [9.17, 15) is 4.79 Å². The van der Waals surface area contributed by atoms with Crippen molar-refractivity contribution in [3.8, 4) is 0 Å². The van der Waals surface area contributed by atoms with Crippen LogP contribution >= 0.6 is 23.2 Å². The summed E-state index contributed by atoms with van der Waals surface area (Å²) in [6.45, 7) is 0.581. The van der Waals surface area contributed by atoms with Crippen LogP contribution in [0.4, 0.5) is 0 Å². The normalized spacial score (nSPS) is 18.6. The number of carbonyl (C=O) groups excluding carboxylic acids is 1. The van der Waals surface area contributed by atoms with Crippen molar-refractivity contribution in [2.75, 3.05) is 0 Å². The predicted molar refractivity (Wildman–Crippen MR) is 128 cm³/mol. The number of aromatic nitrogens is 1. The zero-order valence-corrected chi connectivity index (χ0v) is 18.9. The van der Waals surface area contributed by atoms with Crippen molar-refractivity contribution in [3.63, 3.8) is 0 Å². The smallest absolute Gasteiger partial charge is 0.181 e.